The molecule has 1 N–H and O–H groups in total. The third-order valence-electron chi connectivity index (χ3n) is 4.16. The van der Waals surface area contributed by atoms with E-state index in [-0.39, 0.29) is 9.92 Å². The van der Waals surface area contributed by atoms with Gasteiger partial charge in [-0.1, -0.05) is 23.2 Å². The predicted molar refractivity (Wildman–Crippen MR) is 108 cm³/mol. The highest BCUT2D eigenvalue weighted by atomic mass is 35.5. The average Bonchev–Trinajstić information content (AvgIpc) is 3.23. The fourth-order valence-electron chi connectivity index (χ4n) is 2.99. The number of aromatic hydroxyl groups is 1. The molecule has 0 spiro atoms. The van der Waals surface area contributed by atoms with Crippen molar-refractivity contribution in [1.82, 2.24) is 8.96 Å². The molecule has 0 amide bonds. The first kappa shape index (κ1) is 18.3. The number of hydrogen-bond donors (Lipinski definition) is 1. The van der Waals surface area contributed by atoms with Crippen LogP contribution in [-0.4, -0.2) is 22.5 Å². The maximum atomic E-state index is 13.4. The highest BCUT2D eigenvalue weighted by molar-refractivity contribution is 7.90. The molecule has 0 aliphatic heterocycles. The zero-order valence-electron chi connectivity index (χ0n) is 13.8. The molecule has 2 heterocycles. The van der Waals surface area contributed by atoms with Gasteiger partial charge >= 0.3 is 0 Å². The molecule has 2 aromatic heterocycles. The molecule has 0 unspecified atom stereocenters. The Morgan fingerprint density at radius 3 is 2.63 bits per heavy atom. The molecule has 138 valence electrons. The second-order valence-corrected chi connectivity index (χ2v) is 9.41. The Morgan fingerprint density at radius 1 is 1.15 bits per heavy atom. The van der Waals surface area contributed by atoms with E-state index in [9.17, 15) is 13.5 Å². The predicted octanol–water partition coefficient (Wildman–Crippen LogP) is 5.32. The van der Waals surface area contributed by atoms with Crippen molar-refractivity contribution in [2.75, 3.05) is 0 Å². The van der Waals surface area contributed by atoms with Crippen LogP contribution in [0.4, 0.5) is 0 Å². The Kier molecular flexibility index (Phi) is 4.43. The van der Waals surface area contributed by atoms with E-state index in [1.54, 1.807) is 42.9 Å². The Hall–Kier alpha value is -2.06. The summed E-state index contributed by atoms with van der Waals surface area (Å²) in [5.74, 6) is -0.486. The van der Waals surface area contributed by atoms with Gasteiger partial charge in [-0.25, -0.2) is 12.4 Å². The molecule has 0 fully saturated rings. The molecule has 0 aliphatic rings. The van der Waals surface area contributed by atoms with Gasteiger partial charge in [-0.2, -0.15) is 0 Å². The molecule has 0 saturated heterocycles. The molecule has 0 atom stereocenters. The van der Waals surface area contributed by atoms with E-state index in [2.05, 4.69) is 4.98 Å². The third-order valence-corrected chi connectivity index (χ3v) is 7.33. The number of thiazole rings is 1. The molecule has 4 rings (SSSR count). The molecule has 0 aliphatic carbocycles. The first-order valence-electron chi connectivity index (χ1n) is 7.73. The molecule has 4 aromatic rings. The minimum Gasteiger partial charge on any atom is -0.505 e. The summed E-state index contributed by atoms with van der Waals surface area (Å²) >= 11 is 13.5. The summed E-state index contributed by atoms with van der Waals surface area (Å²) in [6.07, 6.45) is 1.61. The number of nitrogens with zero attached hydrogens (tertiary/aromatic N) is 2. The second-order valence-electron chi connectivity index (χ2n) is 5.93. The van der Waals surface area contributed by atoms with Crippen molar-refractivity contribution in [3.8, 4) is 16.2 Å². The van der Waals surface area contributed by atoms with Gasteiger partial charge in [-0.05, 0) is 48.9 Å². The summed E-state index contributed by atoms with van der Waals surface area (Å²) in [5.41, 5.74) is 3.16. The topological polar surface area (TPSA) is 72.2 Å². The van der Waals surface area contributed by atoms with Crippen molar-refractivity contribution >= 4 is 55.5 Å². The van der Waals surface area contributed by atoms with Crippen molar-refractivity contribution in [2.45, 2.75) is 11.8 Å². The molecule has 2 aromatic carbocycles. The molecule has 0 radical (unpaired) electrons. The Morgan fingerprint density at radius 2 is 1.93 bits per heavy atom. The number of rotatable bonds is 3. The number of phenols is 1. The van der Waals surface area contributed by atoms with Crippen LogP contribution in [0.1, 0.15) is 5.69 Å². The van der Waals surface area contributed by atoms with Crippen LogP contribution in [0.15, 0.2) is 53.0 Å². The van der Waals surface area contributed by atoms with Gasteiger partial charge in [0.05, 0.1) is 20.9 Å². The van der Waals surface area contributed by atoms with Crippen LogP contribution < -0.4 is 0 Å². The second kappa shape index (κ2) is 6.53. The lowest BCUT2D eigenvalue weighted by Gasteiger charge is -2.13. The quantitative estimate of drug-likeness (QED) is 0.469. The maximum absolute atomic E-state index is 13.4. The van der Waals surface area contributed by atoms with Gasteiger partial charge in [0.1, 0.15) is 4.90 Å². The SMILES string of the molecule is Cc1cc2cc(Cl)ccc2n1S(=O)(=O)c1cc(-c2cncs2)cc(Cl)c1O. The summed E-state index contributed by atoms with van der Waals surface area (Å²) in [6.45, 7) is 1.68. The Labute approximate surface area is 169 Å². The largest absolute Gasteiger partial charge is 0.505 e. The van der Waals surface area contributed by atoms with Gasteiger partial charge in [0.25, 0.3) is 10.0 Å². The maximum Gasteiger partial charge on any atom is 0.272 e. The van der Waals surface area contributed by atoms with Crippen molar-refractivity contribution in [2.24, 2.45) is 0 Å². The van der Waals surface area contributed by atoms with Crippen molar-refractivity contribution in [3.05, 3.63) is 63.8 Å². The van der Waals surface area contributed by atoms with Crippen LogP contribution in [0.3, 0.4) is 0 Å². The number of halogens is 2. The van der Waals surface area contributed by atoms with Crippen LogP contribution in [-0.2, 0) is 10.0 Å². The molecule has 0 bridgehead atoms. The first-order chi connectivity index (χ1) is 12.8. The molecule has 27 heavy (non-hydrogen) atoms. The summed E-state index contributed by atoms with van der Waals surface area (Å²) < 4.78 is 28.0. The summed E-state index contributed by atoms with van der Waals surface area (Å²) in [4.78, 5) is 4.48. The van der Waals surface area contributed by atoms with Crippen LogP contribution >= 0.6 is 34.5 Å². The Bertz CT molecular complexity index is 1280. The monoisotopic (exact) mass is 438 g/mol. The van der Waals surface area contributed by atoms with Crippen molar-refractivity contribution in [3.63, 3.8) is 0 Å². The van der Waals surface area contributed by atoms with Crippen molar-refractivity contribution in [1.29, 1.82) is 0 Å². The van der Waals surface area contributed by atoms with E-state index in [1.165, 1.54) is 27.4 Å². The average molecular weight is 439 g/mol. The van der Waals surface area contributed by atoms with Gasteiger partial charge in [0.2, 0.25) is 0 Å². The number of aromatic nitrogens is 2. The van der Waals surface area contributed by atoms with Gasteiger partial charge in [0, 0.05) is 22.3 Å². The Balaban J connectivity index is 2.00. The molecule has 0 saturated carbocycles. The van der Waals surface area contributed by atoms with Crippen LogP contribution in [0, 0.1) is 6.92 Å². The van der Waals surface area contributed by atoms with Crippen LogP contribution in [0.2, 0.25) is 10.0 Å². The number of benzene rings is 2. The van der Waals surface area contributed by atoms with Crippen molar-refractivity contribution < 1.29 is 13.5 Å². The van der Waals surface area contributed by atoms with E-state index in [0.29, 0.717) is 27.2 Å². The third kappa shape index (κ3) is 3.00. The summed E-state index contributed by atoms with van der Waals surface area (Å²) in [5, 5.41) is 11.6. The zero-order valence-corrected chi connectivity index (χ0v) is 17.0. The van der Waals surface area contributed by atoms with Gasteiger partial charge < -0.3 is 5.11 Å². The van der Waals surface area contributed by atoms with E-state index in [4.69, 9.17) is 23.2 Å². The van der Waals surface area contributed by atoms with Gasteiger partial charge in [-0.3, -0.25) is 4.98 Å². The first-order valence-corrected chi connectivity index (χ1v) is 10.8. The summed E-state index contributed by atoms with van der Waals surface area (Å²) in [6, 6.07) is 9.60. The minimum atomic E-state index is -4.11. The number of aryl methyl sites for hydroxylation is 1. The van der Waals surface area contributed by atoms with E-state index in [0.717, 1.165) is 4.88 Å². The highest BCUT2D eigenvalue weighted by Gasteiger charge is 2.27. The number of phenolic OH excluding ortho intramolecular Hbond substituents is 1. The normalized spacial score (nSPS) is 12.0. The fourth-order valence-corrected chi connectivity index (χ4v) is 5.74. The van der Waals surface area contributed by atoms with Gasteiger partial charge in [0.15, 0.2) is 5.75 Å². The molecule has 5 nitrogen and oxygen atoms in total. The van der Waals surface area contributed by atoms with Crippen LogP contribution in [0.25, 0.3) is 21.3 Å². The minimum absolute atomic E-state index is 0.0448. The van der Waals surface area contributed by atoms with Gasteiger partial charge in [-0.15, -0.1) is 11.3 Å². The summed E-state index contributed by atoms with van der Waals surface area (Å²) in [7, 11) is -4.11. The fraction of sp³-hybridized carbons (Fsp3) is 0.0556. The lowest BCUT2D eigenvalue weighted by molar-refractivity contribution is 0.458. The number of hydrogen-bond acceptors (Lipinski definition) is 5. The molecule has 9 heteroatoms. The highest BCUT2D eigenvalue weighted by Crippen LogP contribution is 2.39. The van der Waals surface area contributed by atoms with Crippen LogP contribution in [0.5, 0.6) is 5.75 Å². The molecular weight excluding hydrogens is 427 g/mol. The number of fused-ring (bicyclic) bond motifs is 1. The smallest absolute Gasteiger partial charge is 0.272 e. The lowest BCUT2D eigenvalue weighted by Crippen LogP contribution is -2.14. The van der Waals surface area contributed by atoms with E-state index >= 15 is 0 Å². The standard InChI is InChI=1S/C18H12Cl2N2O3S2/c1-10-4-11-5-13(19)2-3-15(11)22(10)27(24,25)17-7-12(6-14(20)18(17)23)16-8-21-9-26-16/h2-9,23H,1H3. The molecular formula is C18H12Cl2N2O3S2. The van der Waals surface area contributed by atoms with E-state index in [1.807, 2.05) is 0 Å². The zero-order chi connectivity index (χ0) is 19.3. The van der Waals surface area contributed by atoms with E-state index < -0.39 is 15.8 Å². The lowest BCUT2D eigenvalue weighted by atomic mass is 10.2.